The average molecular weight is 283 g/mol. The van der Waals surface area contributed by atoms with Crippen LogP contribution < -0.4 is 0 Å². The fraction of sp³-hybridized carbons (Fsp3) is 0.235. The Balaban J connectivity index is 1.49. The van der Waals surface area contributed by atoms with Crippen LogP contribution in [-0.2, 0) is 17.9 Å². The number of amides is 1. The highest BCUT2D eigenvalue weighted by atomic mass is 32.2. The van der Waals surface area contributed by atoms with Crippen molar-refractivity contribution in [3.63, 3.8) is 0 Å². The molecule has 0 unspecified atom stereocenters. The summed E-state index contributed by atoms with van der Waals surface area (Å²) in [4.78, 5) is 15.4. The molecule has 3 heteroatoms. The Labute approximate surface area is 123 Å². The molecule has 0 atom stereocenters. The van der Waals surface area contributed by atoms with Crippen molar-refractivity contribution < 1.29 is 4.79 Å². The molecule has 1 aliphatic heterocycles. The quantitative estimate of drug-likeness (QED) is 0.797. The summed E-state index contributed by atoms with van der Waals surface area (Å²) in [7, 11) is 0. The molecule has 0 radical (unpaired) electrons. The number of carbonyl (C=O) groups is 1. The van der Waals surface area contributed by atoms with Crippen LogP contribution in [0.1, 0.15) is 17.5 Å². The normalized spacial score (nSPS) is 13.3. The maximum absolute atomic E-state index is 12.2. The van der Waals surface area contributed by atoms with Crippen LogP contribution in [0.15, 0.2) is 59.5 Å². The third-order valence-electron chi connectivity index (χ3n) is 3.52. The van der Waals surface area contributed by atoms with Crippen LogP contribution in [0.5, 0.6) is 0 Å². The molecule has 0 saturated heterocycles. The Kier molecular flexibility index (Phi) is 4.07. The van der Waals surface area contributed by atoms with Gasteiger partial charge in [0.1, 0.15) is 0 Å². The Hall–Kier alpha value is -1.74. The third-order valence-corrected chi connectivity index (χ3v) is 4.54. The number of rotatable bonds is 4. The molecule has 2 nitrogen and oxygen atoms in total. The molecule has 2 aromatic carbocycles. The monoisotopic (exact) mass is 283 g/mol. The zero-order chi connectivity index (χ0) is 13.8. The van der Waals surface area contributed by atoms with E-state index in [-0.39, 0.29) is 5.91 Å². The van der Waals surface area contributed by atoms with Crippen LogP contribution in [0.2, 0.25) is 0 Å². The van der Waals surface area contributed by atoms with E-state index < -0.39 is 0 Å². The molecule has 3 rings (SSSR count). The highest BCUT2D eigenvalue weighted by Gasteiger charge is 2.22. The molecule has 1 aliphatic rings. The summed E-state index contributed by atoms with van der Waals surface area (Å²) in [5, 5.41) is 0. The van der Waals surface area contributed by atoms with Gasteiger partial charge in [0.05, 0.1) is 0 Å². The molecule has 102 valence electrons. The lowest BCUT2D eigenvalue weighted by molar-refractivity contribution is -0.131. The molecule has 0 aliphatic carbocycles. The number of hydrogen-bond donors (Lipinski definition) is 0. The van der Waals surface area contributed by atoms with Crippen LogP contribution in [0.4, 0.5) is 0 Å². The molecule has 20 heavy (non-hydrogen) atoms. The van der Waals surface area contributed by atoms with Crippen LogP contribution in [0, 0.1) is 0 Å². The van der Waals surface area contributed by atoms with Crippen molar-refractivity contribution in [3.05, 3.63) is 65.7 Å². The van der Waals surface area contributed by atoms with Gasteiger partial charge in [0.2, 0.25) is 5.91 Å². The summed E-state index contributed by atoms with van der Waals surface area (Å²) >= 11 is 1.74. The average Bonchev–Trinajstić information content (AvgIpc) is 2.92. The van der Waals surface area contributed by atoms with E-state index in [9.17, 15) is 4.79 Å². The standard InChI is InChI=1S/C17H17NOS/c19-17(10-11-20-16-8-2-1-3-9-16)18-12-14-6-4-5-7-15(14)13-18/h1-9H,10-13H2. The van der Waals surface area contributed by atoms with Crippen LogP contribution >= 0.6 is 11.8 Å². The Morgan fingerprint density at radius 1 is 0.950 bits per heavy atom. The first-order valence-electron chi connectivity index (χ1n) is 6.85. The van der Waals surface area contributed by atoms with Crippen molar-refractivity contribution in [2.45, 2.75) is 24.4 Å². The number of carbonyl (C=O) groups excluding carboxylic acids is 1. The van der Waals surface area contributed by atoms with Gasteiger partial charge in [0.15, 0.2) is 0 Å². The zero-order valence-corrected chi connectivity index (χ0v) is 12.1. The van der Waals surface area contributed by atoms with Gasteiger partial charge in [-0.05, 0) is 23.3 Å². The van der Waals surface area contributed by atoms with Gasteiger partial charge >= 0.3 is 0 Å². The minimum atomic E-state index is 0.254. The van der Waals surface area contributed by atoms with Gasteiger partial charge in [0.25, 0.3) is 0 Å². The lowest BCUT2D eigenvalue weighted by atomic mass is 10.1. The molecular formula is C17H17NOS. The second-order valence-electron chi connectivity index (χ2n) is 4.93. The first-order chi connectivity index (χ1) is 9.83. The van der Waals surface area contributed by atoms with Crippen molar-refractivity contribution >= 4 is 17.7 Å². The number of benzene rings is 2. The lowest BCUT2D eigenvalue weighted by Gasteiger charge is -2.15. The van der Waals surface area contributed by atoms with E-state index in [1.54, 1.807) is 11.8 Å². The SMILES string of the molecule is O=C(CCSc1ccccc1)N1Cc2ccccc2C1. The minimum absolute atomic E-state index is 0.254. The summed E-state index contributed by atoms with van der Waals surface area (Å²) in [6.45, 7) is 1.54. The van der Waals surface area contributed by atoms with Gasteiger partial charge in [-0.3, -0.25) is 4.79 Å². The minimum Gasteiger partial charge on any atom is -0.334 e. The van der Waals surface area contributed by atoms with E-state index in [1.165, 1.54) is 16.0 Å². The van der Waals surface area contributed by atoms with E-state index in [0.717, 1.165) is 18.8 Å². The molecule has 0 saturated carbocycles. The second-order valence-corrected chi connectivity index (χ2v) is 6.10. The van der Waals surface area contributed by atoms with Gasteiger partial charge < -0.3 is 4.90 Å². The highest BCUT2D eigenvalue weighted by Crippen LogP contribution is 2.24. The van der Waals surface area contributed by atoms with E-state index >= 15 is 0 Å². The molecular weight excluding hydrogens is 266 g/mol. The third kappa shape index (κ3) is 3.05. The van der Waals surface area contributed by atoms with Crippen LogP contribution in [-0.4, -0.2) is 16.6 Å². The highest BCUT2D eigenvalue weighted by molar-refractivity contribution is 7.99. The molecule has 0 N–H and O–H groups in total. The molecule has 1 heterocycles. The van der Waals surface area contributed by atoms with Gasteiger partial charge in [-0.25, -0.2) is 0 Å². The maximum Gasteiger partial charge on any atom is 0.224 e. The molecule has 0 bridgehead atoms. The molecule has 0 fully saturated rings. The van der Waals surface area contributed by atoms with Crippen molar-refractivity contribution in [1.29, 1.82) is 0 Å². The summed E-state index contributed by atoms with van der Waals surface area (Å²) < 4.78 is 0. The predicted molar refractivity (Wildman–Crippen MR) is 82.5 cm³/mol. The molecule has 0 spiro atoms. The zero-order valence-electron chi connectivity index (χ0n) is 11.3. The van der Waals surface area contributed by atoms with E-state index in [2.05, 4.69) is 24.3 Å². The first kappa shape index (κ1) is 13.3. The lowest BCUT2D eigenvalue weighted by Crippen LogP contribution is -2.25. The number of fused-ring (bicyclic) bond motifs is 1. The Morgan fingerprint density at radius 2 is 1.55 bits per heavy atom. The van der Waals surface area contributed by atoms with Crippen molar-refractivity contribution in [1.82, 2.24) is 4.90 Å². The maximum atomic E-state index is 12.2. The van der Waals surface area contributed by atoms with Crippen LogP contribution in [0.3, 0.4) is 0 Å². The fourth-order valence-corrected chi connectivity index (χ4v) is 3.30. The number of hydrogen-bond acceptors (Lipinski definition) is 2. The Morgan fingerprint density at radius 3 is 2.20 bits per heavy atom. The van der Waals surface area contributed by atoms with E-state index in [4.69, 9.17) is 0 Å². The summed E-state index contributed by atoms with van der Waals surface area (Å²) in [6, 6.07) is 18.5. The molecule has 0 aromatic heterocycles. The summed E-state index contributed by atoms with van der Waals surface area (Å²) in [6.07, 6.45) is 0.605. The summed E-state index contributed by atoms with van der Waals surface area (Å²) in [5.74, 6) is 1.10. The predicted octanol–water partition coefficient (Wildman–Crippen LogP) is 3.71. The largest absolute Gasteiger partial charge is 0.334 e. The van der Waals surface area contributed by atoms with Crippen molar-refractivity contribution in [2.75, 3.05) is 5.75 Å². The first-order valence-corrected chi connectivity index (χ1v) is 7.84. The Bertz CT molecular complexity index is 572. The molecule has 2 aromatic rings. The topological polar surface area (TPSA) is 20.3 Å². The van der Waals surface area contributed by atoms with Crippen molar-refractivity contribution in [3.8, 4) is 0 Å². The van der Waals surface area contributed by atoms with Gasteiger partial charge in [-0.2, -0.15) is 0 Å². The number of thioether (sulfide) groups is 1. The fourth-order valence-electron chi connectivity index (χ4n) is 2.44. The van der Waals surface area contributed by atoms with Gasteiger partial charge in [-0.1, -0.05) is 42.5 Å². The van der Waals surface area contributed by atoms with E-state index in [0.29, 0.717) is 6.42 Å². The smallest absolute Gasteiger partial charge is 0.224 e. The second kappa shape index (κ2) is 6.14. The van der Waals surface area contributed by atoms with E-state index in [1.807, 2.05) is 35.2 Å². The van der Waals surface area contributed by atoms with Crippen molar-refractivity contribution in [2.24, 2.45) is 0 Å². The van der Waals surface area contributed by atoms with Gasteiger partial charge in [0, 0.05) is 30.2 Å². The molecule has 1 amide bonds. The number of nitrogens with zero attached hydrogens (tertiary/aromatic N) is 1. The summed E-state index contributed by atoms with van der Waals surface area (Å²) in [5.41, 5.74) is 2.58. The van der Waals surface area contributed by atoms with Gasteiger partial charge in [-0.15, -0.1) is 11.8 Å². The van der Waals surface area contributed by atoms with Crippen LogP contribution in [0.25, 0.3) is 0 Å².